The number of hydrogen-bond acceptors (Lipinski definition) is 1. The van der Waals surface area contributed by atoms with Crippen LogP contribution in [0.15, 0.2) is 31.1 Å². The zero-order valence-corrected chi connectivity index (χ0v) is 5.17. The van der Waals surface area contributed by atoms with Gasteiger partial charge in [-0.15, -0.1) is 6.58 Å². The van der Waals surface area contributed by atoms with E-state index < -0.39 is 0 Å². The van der Waals surface area contributed by atoms with Crippen molar-refractivity contribution in [2.45, 2.75) is 6.42 Å². The van der Waals surface area contributed by atoms with Crippen molar-refractivity contribution >= 4 is 0 Å². The fraction of sp³-hybridized carbons (Fsp3) is 0.143. The first kappa shape index (κ1) is 5.95. The standard InChI is InChI=1S/C7H8N2/c1-2-4-7-8-5-3-6-9-7/h2-3,5-6H,1,4H2/p+1. The molecule has 46 valence electrons. The van der Waals surface area contributed by atoms with Gasteiger partial charge in [-0.2, -0.15) is 0 Å². The minimum Gasteiger partial charge on any atom is -0.248 e. The van der Waals surface area contributed by atoms with Crippen molar-refractivity contribution in [3.8, 4) is 0 Å². The topological polar surface area (TPSA) is 27.0 Å². The van der Waals surface area contributed by atoms with Crippen LogP contribution in [0.2, 0.25) is 0 Å². The van der Waals surface area contributed by atoms with Gasteiger partial charge in [-0.25, -0.2) is 4.98 Å². The maximum Gasteiger partial charge on any atom is 0.299 e. The third kappa shape index (κ3) is 1.64. The molecule has 0 bridgehead atoms. The normalized spacial score (nSPS) is 8.89. The number of allylic oxidation sites excluding steroid dienone is 1. The maximum absolute atomic E-state index is 4.04. The van der Waals surface area contributed by atoms with E-state index in [1.165, 1.54) is 0 Å². The van der Waals surface area contributed by atoms with Crippen molar-refractivity contribution in [2.75, 3.05) is 0 Å². The molecular weight excluding hydrogens is 112 g/mol. The van der Waals surface area contributed by atoms with Crippen LogP contribution in [0, 0.1) is 0 Å². The minimum absolute atomic E-state index is 0.806. The molecule has 1 aromatic heterocycles. The summed E-state index contributed by atoms with van der Waals surface area (Å²) in [5, 5.41) is 0. The molecule has 0 amide bonds. The molecule has 0 unspecified atom stereocenters. The van der Waals surface area contributed by atoms with Gasteiger partial charge in [0.2, 0.25) is 0 Å². The summed E-state index contributed by atoms with van der Waals surface area (Å²) in [6, 6.07) is 1.85. The predicted molar refractivity (Wildman–Crippen MR) is 34.7 cm³/mol. The average molecular weight is 121 g/mol. The zero-order valence-electron chi connectivity index (χ0n) is 5.17. The third-order valence-corrected chi connectivity index (χ3v) is 1.00. The summed E-state index contributed by atoms with van der Waals surface area (Å²) in [6.45, 7) is 3.60. The van der Waals surface area contributed by atoms with Crippen LogP contribution >= 0.6 is 0 Å². The summed E-state index contributed by atoms with van der Waals surface area (Å²) in [5.74, 6) is 0.951. The first-order valence-corrected chi connectivity index (χ1v) is 2.86. The summed E-state index contributed by atoms with van der Waals surface area (Å²) in [7, 11) is 0. The van der Waals surface area contributed by atoms with E-state index in [0.717, 1.165) is 12.2 Å². The second-order valence-corrected chi connectivity index (χ2v) is 1.72. The summed E-state index contributed by atoms with van der Waals surface area (Å²) >= 11 is 0. The highest BCUT2D eigenvalue weighted by molar-refractivity contribution is 4.85. The lowest BCUT2D eigenvalue weighted by Gasteiger charge is -1.80. The van der Waals surface area contributed by atoms with E-state index in [0.29, 0.717) is 0 Å². The SMILES string of the molecule is C=CCc1nccc[nH+]1. The fourth-order valence-corrected chi connectivity index (χ4v) is 0.606. The van der Waals surface area contributed by atoms with Gasteiger partial charge in [0, 0.05) is 6.07 Å². The predicted octanol–water partition coefficient (Wildman–Crippen LogP) is 0.624. The molecule has 0 aliphatic carbocycles. The number of hydrogen-bond donors (Lipinski definition) is 0. The zero-order chi connectivity index (χ0) is 6.53. The Bertz CT molecular complexity index is 181. The molecule has 0 radical (unpaired) electrons. The number of nitrogens with zero attached hydrogens (tertiary/aromatic N) is 1. The van der Waals surface area contributed by atoms with Crippen molar-refractivity contribution in [1.29, 1.82) is 0 Å². The average Bonchev–Trinajstić information content (AvgIpc) is 1.91. The van der Waals surface area contributed by atoms with Crippen molar-refractivity contribution in [1.82, 2.24) is 4.98 Å². The molecule has 0 aromatic carbocycles. The van der Waals surface area contributed by atoms with Crippen molar-refractivity contribution < 1.29 is 4.98 Å². The lowest BCUT2D eigenvalue weighted by atomic mass is 10.4. The van der Waals surface area contributed by atoms with Gasteiger partial charge in [-0.1, -0.05) is 11.1 Å². The molecule has 0 spiro atoms. The summed E-state index contributed by atoms with van der Waals surface area (Å²) in [5.41, 5.74) is 0. The molecule has 0 saturated carbocycles. The molecule has 2 nitrogen and oxygen atoms in total. The highest BCUT2D eigenvalue weighted by atomic mass is 14.8. The highest BCUT2D eigenvalue weighted by Gasteiger charge is 1.95. The first-order chi connectivity index (χ1) is 4.43. The Labute approximate surface area is 54.3 Å². The fourth-order valence-electron chi connectivity index (χ4n) is 0.606. The second kappa shape index (κ2) is 2.97. The largest absolute Gasteiger partial charge is 0.299 e. The molecule has 9 heavy (non-hydrogen) atoms. The van der Waals surface area contributed by atoms with Crippen LogP contribution in [-0.2, 0) is 6.42 Å². The van der Waals surface area contributed by atoms with E-state index in [2.05, 4.69) is 16.5 Å². The smallest absolute Gasteiger partial charge is 0.248 e. The second-order valence-electron chi connectivity index (χ2n) is 1.72. The third-order valence-electron chi connectivity index (χ3n) is 1.00. The molecule has 1 rings (SSSR count). The van der Waals surface area contributed by atoms with E-state index in [4.69, 9.17) is 0 Å². The molecule has 1 aromatic rings. The van der Waals surface area contributed by atoms with Crippen LogP contribution in [0.4, 0.5) is 0 Å². The molecule has 0 aliphatic heterocycles. The Hall–Kier alpha value is -1.18. The number of nitrogens with one attached hydrogen (secondary N) is 1. The van der Waals surface area contributed by atoms with E-state index in [-0.39, 0.29) is 0 Å². The summed E-state index contributed by atoms with van der Waals surface area (Å²) < 4.78 is 0. The van der Waals surface area contributed by atoms with Crippen LogP contribution in [0.3, 0.4) is 0 Å². The van der Waals surface area contributed by atoms with Gasteiger partial charge in [0.1, 0.15) is 6.20 Å². The van der Waals surface area contributed by atoms with Crippen LogP contribution in [-0.4, -0.2) is 4.98 Å². The van der Waals surface area contributed by atoms with Crippen LogP contribution in [0.25, 0.3) is 0 Å². The summed E-state index contributed by atoms with van der Waals surface area (Å²) in [6.07, 6.45) is 6.24. The Morgan fingerprint density at radius 1 is 1.78 bits per heavy atom. The lowest BCUT2D eigenvalue weighted by molar-refractivity contribution is -0.394. The molecular formula is C7H9N2+. The Morgan fingerprint density at radius 2 is 2.67 bits per heavy atom. The highest BCUT2D eigenvalue weighted by Crippen LogP contribution is 1.82. The monoisotopic (exact) mass is 121 g/mol. The van der Waals surface area contributed by atoms with E-state index >= 15 is 0 Å². The maximum atomic E-state index is 4.04. The van der Waals surface area contributed by atoms with Gasteiger partial charge in [-0.05, 0) is 0 Å². The molecule has 1 N–H and O–H groups in total. The number of rotatable bonds is 2. The molecule has 0 fully saturated rings. The van der Waals surface area contributed by atoms with Gasteiger partial charge < -0.3 is 0 Å². The van der Waals surface area contributed by atoms with Gasteiger partial charge in [-0.3, -0.25) is 0 Å². The van der Waals surface area contributed by atoms with Crippen LogP contribution in [0.5, 0.6) is 0 Å². The van der Waals surface area contributed by atoms with Crippen LogP contribution in [0.1, 0.15) is 5.82 Å². The Morgan fingerprint density at radius 3 is 3.22 bits per heavy atom. The molecule has 2 heteroatoms. The van der Waals surface area contributed by atoms with E-state index in [1.54, 1.807) is 6.20 Å². The van der Waals surface area contributed by atoms with Gasteiger partial charge >= 0.3 is 0 Å². The van der Waals surface area contributed by atoms with E-state index in [9.17, 15) is 0 Å². The molecule has 0 saturated heterocycles. The van der Waals surface area contributed by atoms with Crippen molar-refractivity contribution in [3.63, 3.8) is 0 Å². The van der Waals surface area contributed by atoms with Crippen molar-refractivity contribution in [2.24, 2.45) is 0 Å². The Kier molecular flexibility index (Phi) is 1.96. The van der Waals surface area contributed by atoms with Gasteiger partial charge in [0.25, 0.3) is 5.82 Å². The lowest BCUT2D eigenvalue weighted by Crippen LogP contribution is -2.10. The number of aromatic nitrogens is 2. The first-order valence-electron chi connectivity index (χ1n) is 2.86. The number of H-pyrrole nitrogens is 1. The van der Waals surface area contributed by atoms with Gasteiger partial charge in [0.05, 0.1) is 12.6 Å². The molecule has 1 heterocycles. The Balaban J connectivity index is 2.72. The van der Waals surface area contributed by atoms with Gasteiger partial charge in [0.15, 0.2) is 0 Å². The summed E-state index contributed by atoms with van der Waals surface area (Å²) in [4.78, 5) is 7.03. The van der Waals surface area contributed by atoms with Crippen molar-refractivity contribution in [3.05, 3.63) is 36.9 Å². The van der Waals surface area contributed by atoms with E-state index in [1.807, 2.05) is 18.3 Å². The molecule has 0 aliphatic rings. The van der Waals surface area contributed by atoms with Crippen LogP contribution < -0.4 is 4.98 Å². The number of aromatic amines is 1. The molecule has 0 atom stereocenters. The quantitative estimate of drug-likeness (QED) is 0.527. The minimum atomic E-state index is 0.806.